The fourth-order valence-corrected chi connectivity index (χ4v) is 2.42. The molecule has 0 amide bonds. The number of para-hydroxylation sites is 1. The smallest absolute Gasteiger partial charge is 0.118 e. The van der Waals surface area contributed by atoms with Gasteiger partial charge in [-0.3, -0.25) is 5.21 Å². The summed E-state index contributed by atoms with van der Waals surface area (Å²) in [5, 5.41) is 12.0. The van der Waals surface area contributed by atoms with Crippen LogP contribution in [0.1, 0.15) is 37.8 Å². The van der Waals surface area contributed by atoms with Crippen molar-refractivity contribution in [3.63, 3.8) is 0 Å². The summed E-state index contributed by atoms with van der Waals surface area (Å²) in [6.07, 6.45) is 7.54. The van der Waals surface area contributed by atoms with Gasteiger partial charge in [0.25, 0.3) is 0 Å². The summed E-state index contributed by atoms with van der Waals surface area (Å²) >= 11 is 0. The Bertz CT molecular complexity index is 593. The molecule has 0 fully saturated rings. The fourth-order valence-electron chi connectivity index (χ4n) is 2.42. The number of methoxy groups -OCH3 is 1. The molecule has 122 valence electrons. The quantitative estimate of drug-likeness (QED) is 0.403. The molecule has 2 aromatic rings. The monoisotopic (exact) mass is 311 g/mol. The zero-order chi connectivity index (χ0) is 16.5. The highest BCUT2D eigenvalue weighted by Gasteiger charge is 2.16. The number of allylic oxidation sites excluding steroid dienone is 1. The van der Waals surface area contributed by atoms with E-state index in [0.29, 0.717) is 0 Å². The van der Waals surface area contributed by atoms with Crippen molar-refractivity contribution in [1.82, 2.24) is 0 Å². The number of unbranched alkanes of at least 4 members (excludes halogenated alkanes) is 2. The van der Waals surface area contributed by atoms with Crippen LogP contribution in [0, 0.1) is 0 Å². The van der Waals surface area contributed by atoms with Gasteiger partial charge in [0.05, 0.1) is 18.8 Å². The molecule has 3 nitrogen and oxygen atoms in total. The minimum absolute atomic E-state index is 0.222. The van der Waals surface area contributed by atoms with Gasteiger partial charge in [-0.1, -0.05) is 62.2 Å². The van der Waals surface area contributed by atoms with Crippen LogP contribution in [0.3, 0.4) is 0 Å². The number of benzene rings is 2. The van der Waals surface area contributed by atoms with Crippen LogP contribution in [0.2, 0.25) is 0 Å². The molecule has 2 aromatic carbocycles. The zero-order valence-electron chi connectivity index (χ0n) is 13.9. The minimum atomic E-state index is -0.222. The summed E-state index contributed by atoms with van der Waals surface area (Å²) in [4.78, 5) is 0. The van der Waals surface area contributed by atoms with E-state index in [1.807, 2.05) is 54.6 Å². The Morgan fingerprint density at radius 3 is 2.39 bits per heavy atom. The SMILES string of the molecule is CCCC/C=C/C(c1ccc(OC)cc1)N(O)c1ccccc1. The molecule has 0 aliphatic rings. The largest absolute Gasteiger partial charge is 0.497 e. The second-order valence-corrected chi connectivity index (χ2v) is 5.47. The van der Waals surface area contributed by atoms with Crippen molar-refractivity contribution in [2.75, 3.05) is 12.2 Å². The van der Waals surface area contributed by atoms with Gasteiger partial charge < -0.3 is 4.74 Å². The van der Waals surface area contributed by atoms with E-state index in [2.05, 4.69) is 19.1 Å². The van der Waals surface area contributed by atoms with Gasteiger partial charge in [0.2, 0.25) is 0 Å². The molecule has 0 heterocycles. The zero-order valence-corrected chi connectivity index (χ0v) is 13.9. The lowest BCUT2D eigenvalue weighted by Gasteiger charge is -2.26. The Morgan fingerprint density at radius 2 is 1.78 bits per heavy atom. The summed E-state index contributed by atoms with van der Waals surface area (Å²) in [7, 11) is 1.65. The van der Waals surface area contributed by atoms with Crippen LogP contribution < -0.4 is 9.80 Å². The molecule has 0 aliphatic heterocycles. The van der Waals surface area contributed by atoms with Gasteiger partial charge in [0.1, 0.15) is 5.75 Å². The molecule has 2 rings (SSSR count). The maximum absolute atomic E-state index is 10.7. The van der Waals surface area contributed by atoms with E-state index < -0.39 is 0 Å². The summed E-state index contributed by atoms with van der Waals surface area (Å²) in [5.74, 6) is 0.812. The Labute approximate surface area is 138 Å². The van der Waals surface area contributed by atoms with Gasteiger partial charge in [0, 0.05) is 0 Å². The van der Waals surface area contributed by atoms with E-state index >= 15 is 0 Å². The average Bonchev–Trinajstić information content (AvgIpc) is 2.62. The summed E-state index contributed by atoms with van der Waals surface area (Å²) in [6.45, 7) is 2.18. The van der Waals surface area contributed by atoms with Crippen molar-refractivity contribution in [2.45, 2.75) is 32.2 Å². The lowest BCUT2D eigenvalue weighted by molar-refractivity contribution is 0.233. The lowest BCUT2D eigenvalue weighted by atomic mass is 10.0. The number of hydrogen-bond donors (Lipinski definition) is 1. The van der Waals surface area contributed by atoms with Crippen LogP contribution >= 0.6 is 0 Å². The van der Waals surface area contributed by atoms with Crippen LogP contribution in [-0.2, 0) is 0 Å². The molecule has 0 saturated heterocycles. The minimum Gasteiger partial charge on any atom is -0.497 e. The molecule has 0 aromatic heterocycles. The Hall–Kier alpha value is -2.26. The third-order valence-corrected chi connectivity index (χ3v) is 3.78. The van der Waals surface area contributed by atoms with Gasteiger partial charge in [-0.15, -0.1) is 0 Å². The molecule has 0 saturated carbocycles. The first kappa shape index (κ1) is 17.1. The molecular weight excluding hydrogens is 286 g/mol. The Morgan fingerprint density at radius 1 is 1.09 bits per heavy atom. The molecule has 1 unspecified atom stereocenters. The normalized spacial score (nSPS) is 12.3. The van der Waals surface area contributed by atoms with Crippen molar-refractivity contribution >= 4 is 5.69 Å². The summed E-state index contributed by atoms with van der Waals surface area (Å²) < 4.78 is 5.21. The summed E-state index contributed by atoms with van der Waals surface area (Å²) in [6, 6.07) is 17.2. The number of anilines is 1. The first-order valence-electron chi connectivity index (χ1n) is 8.10. The molecular formula is C20H25NO2. The van der Waals surface area contributed by atoms with Crippen molar-refractivity contribution < 1.29 is 9.94 Å². The molecule has 0 spiro atoms. The third kappa shape index (κ3) is 4.86. The number of nitrogens with zero attached hydrogens (tertiary/aromatic N) is 1. The van der Waals surface area contributed by atoms with Gasteiger partial charge in [0.15, 0.2) is 0 Å². The highest BCUT2D eigenvalue weighted by Crippen LogP contribution is 2.28. The lowest BCUT2D eigenvalue weighted by Crippen LogP contribution is -2.23. The van der Waals surface area contributed by atoms with Crippen LogP contribution in [0.5, 0.6) is 5.75 Å². The second-order valence-electron chi connectivity index (χ2n) is 5.47. The maximum Gasteiger partial charge on any atom is 0.118 e. The number of ether oxygens (including phenoxy) is 1. The number of hydroxylamine groups is 1. The van der Waals surface area contributed by atoms with Gasteiger partial charge in [-0.25, -0.2) is 5.06 Å². The fraction of sp³-hybridized carbons (Fsp3) is 0.300. The van der Waals surface area contributed by atoms with Crippen molar-refractivity contribution in [3.8, 4) is 5.75 Å². The maximum atomic E-state index is 10.7. The van der Waals surface area contributed by atoms with Crippen molar-refractivity contribution in [3.05, 3.63) is 72.3 Å². The molecule has 1 N–H and O–H groups in total. The molecule has 0 aliphatic carbocycles. The Balaban J connectivity index is 2.24. The summed E-state index contributed by atoms with van der Waals surface area (Å²) in [5.41, 5.74) is 1.79. The predicted molar refractivity (Wildman–Crippen MR) is 95.1 cm³/mol. The van der Waals surface area contributed by atoms with Crippen LogP contribution in [0.15, 0.2) is 66.7 Å². The van der Waals surface area contributed by atoms with E-state index in [-0.39, 0.29) is 6.04 Å². The van der Waals surface area contributed by atoms with Crippen LogP contribution in [-0.4, -0.2) is 12.3 Å². The van der Waals surface area contributed by atoms with E-state index in [9.17, 15) is 5.21 Å². The number of hydrogen-bond acceptors (Lipinski definition) is 3. The first-order chi connectivity index (χ1) is 11.3. The van der Waals surface area contributed by atoms with E-state index in [1.54, 1.807) is 7.11 Å². The highest BCUT2D eigenvalue weighted by atomic mass is 16.5. The molecule has 0 radical (unpaired) electrons. The second kappa shape index (κ2) is 9.01. The predicted octanol–water partition coefficient (Wildman–Crippen LogP) is 5.38. The van der Waals surface area contributed by atoms with Crippen LogP contribution in [0.25, 0.3) is 0 Å². The molecule has 0 bridgehead atoms. The van der Waals surface area contributed by atoms with Gasteiger partial charge in [-0.2, -0.15) is 0 Å². The number of rotatable bonds is 8. The van der Waals surface area contributed by atoms with E-state index in [1.165, 1.54) is 11.5 Å². The molecule has 23 heavy (non-hydrogen) atoms. The third-order valence-electron chi connectivity index (χ3n) is 3.78. The highest BCUT2D eigenvalue weighted by molar-refractivity contribution is 5.47. The Kier molecular flexibility index (Phi) is 6.70. The van der Waals surface area contributed by atoms with E-state index in [0.717, 1.165) is 29.8 Å². The molecule has 3 heteroatoms. The average molecular weight is 311 g/mol. The van der Waals surface area contributed by atoms with E-state index in [4.69, 9.17) is 4.74 Å². The van der Waals surface area contributed by atoms with Gasteiger partial charge >= 0.3 is 0 Å². The standard InChI is InChI=1S/C20H25NO2/c1-3-4-5-9-12-20(17-13-15-19(23-2)16-14-17)21(22)18-10-7-6-8-11-18/h6-16,20,22H,3-5H2,1-2H3/b12-9+. The van der Waals surface area contributed by atoms with Crippen molar-refractivity contribution in [1.29, 1.82) is 0 Å². The van der Waals surface area contributed by atoms with Crippen LogP contribution in [0.4, 0.5) is 5.69 Å². The molecule has 1 atom stereocenters. The van der Waals surface area contributed by atoms with Gasteiger partial charge in [-0.05, 0) is 36.2 Å². The van der Waals surface area contributed by atoms with Crippen molar-refractivity contribution in [2.24, 2.45) is 0 Å². The first-order valence-corrected chi connectivity index (χ1v) is 8.10. The topological polar surface area (TPSA) is 32.7 Å².